The monoisotopic (exact) mass is 450 g/mol. The van der Waals surface area contributed by atoms with Crippen molar-refractivity contribution in [3.8, 4) is 0 Å². The normalized spacial score (nSPS) is 14.5. The van der Waals surface area contributed by atoms with Gasteiger partial charge in [-0.25, -0.2) is 13.8 Å². The molecule has 4 rings (SSSR count). The van der Waals surface area contributed by atoms with E-state index in [4.69, 9.17) is 0 Å². The Labute approximate surface area is 179 Å². The molecule has 30 heavy (non-hydrogen) atoms. The molecule has 158 valence electrons. The SMILES string of the molecule is CC(NC(=O)CSCc1nc2sc3c(c2c(=O)[nH]1)CCCC3)c1c(F)cncc1F. The Balaban J connectivity index is 1.38. The highest BCUT2D eigenvalue weighted by molar-refractivity contribution is 7.99. The lowest BCUT2D eigenvalue weighted by atomic mass is 9.97. The molecule has 1 atom stereocenters. The number of nitrogens with zero attached hydrogens (tertiary/aromatic N) is 2. The van der Waals surface area contributed by atoms with Crippen LogP contribution in [0.2, 0.25) is 0 Å². The Kier molecular flexibility index (Phi) is 6.14. The lowest BCUT2D eigenvalue weighted by Gasteiger charge is -2.15. The highest BCUT2D eigenvalue weighted by Crippen LogP contribution is 2.33. The molecule has 6 nitrogen and oxygen atoms in total. The van der Waals surface area contributed by atoms with Crippen LogP contribution in [0.4, 0.5) is 8.78 Å². The maximum absolute atomic E-state index is 13.8. The van der Waals surface area contributed by atoms with Crippen molar-refractivity contribution >= 4 is 39.2 Å². The predicted molar refractivity (Wildman–Crippen MR) is 114 cm³/mol. The summed E-state index contributed by atoms with van der Waals surface area (Å²) in [4.78, 5) is 37.6. The lowest BCUT2D eigenvalue weighted by Crippen LogP contribution is -2.29. The molecule has 0 radical (unpaired) electrons. The van der Waals surface area contributed by atoms with Crippen molar-refractivity contribution in [2.75, 3.05) is 5.75 Å². The average Bonchev–Trinajstić information content (AvgIpc) is 3.06. The Morgan fingerprint density at radius 3 is 2.80 bits per heavy atom. The highest BCUT2D eigenvalue weighted by Gasteiger charge is 2.20. The fourth-order valence-corrected chi connectivity index (χ4v) is 5.69. The summed E-state index contributed by atoms with van der Waals surface area (Å²) in [6.07, 6.45) is 5.98. The van der Waals surface area contributed by atoms with Gasteiger partial charge in [0.15, 0.2) is 0 Å². The zero-order valence-electron chi connectivity index (χ0n) is 16.3. The molecule has 0 aliphatic heterocycles. The number of H-pyrrole nitrogens is 1. The van der Waals surface area contributed by atoms with Crippen molar-refractivity contribution in [3.05, 3.63) is 56.2 Å². The van der Waals surface area contributed by atoms with Crippen LogP contribution in [-0.2, 0) is 23.4 Å². The van der Waals surface area contributed by atoms with Crippen LogP contribution in [0.1, 0.15) is 47.6 Å². The van der Waals surface area contributed by atoms with Gasteiger partial charge in [-0.15, -0.1) is 23.1 Å². The first kappa shape index (κ1) is 20.9. The minimum Gasteiger partial charge on any atom is -0.349 e. The van der Waals surface area contributed by atoms with Gasteiger partial charge in [-0.3, -0.25) is 14.6 Å². The van der Waals surface area contributed by atoms with Crippen LogP contribution in [0.25, 0.3) is 10.2 Å². The summed E-state index contributed by atoms with van der Waals surface area (Å²) < 4.78 is 27.6. The highest BCUT2D eigenvalue weighted by atomic mass is 32.2. The summed E-state index contributed by atoms with van der Waals surface area (Å²) >= 11 is 2.85. The summed E-state index contributed by atoms with van der Waals surface area (Å²) in [6, 6.07) is -0.826. The second-order valence-corrected chi connectivity index (χ2v) is 9.27. The van der Waals surface area contributed by atoms with E-state index in [9.17, 15) is 18.4 Å². The third-order valence-corrected chi connectivity index (χ3v) is 7.18. The molecule has 0 saturated heterocycles. The minimum atomic E-state index is -0.826. The molecule has 3 aromatic rings. The third-order valence-electron chi connectivity index (χ3n) is 5.05. The maximum Gasteiger partial charge on any atom is 0.259 e. The van der Waals surface area contributed by atoms with Gasteiger partial charge >= 0.3 is 0 Å². The molecule has 2 N–H and O–H groups in total. The van der Waals surface area contributed by atoms with E-state index in [0.717, 1.165) is 48.5 Å². The zero-order chi connectivity index (χ0) is 21.3. The first-order chi connectivity index (χ1) is 14.4. The van der Waals surface area contributed by atoms with Crippen LogP contribution >= 0.6 is 23.1 Å². The fourth-order valence-electron chi connectivity index (χ4n) is 3.71. The summed E-state index contributed by atoms with van der Waals surface area (Å²) in [5, 5.41) is 3.29. The Hall–Kier alpha value is -2.33. The van der Waals surface area contributed by atoms with E-state index in [1.165, 1.54) is 23.6 Å². The maximum atomic E-state index is 13.8. The van der Waals surface area contributed by atoms with Gasteiger partial charge in [0.1, 0.15) is 22.3 Å². The number of aromatic amines is 1. The van der Waals surface area contributed by atoms with Crippen molar-refractivity contribution in [2.24, 2.45) is 0 Å². The van der Waals surface area contributed by atoms with Gasteiger partial charge in [0, 0.05) is 10.4 Å². The van der Waals surface area contributed by atoms with Crippen LogP contribution in [0.5, 0.6) is 0 Å². The molecule has 1 aliphatic rings. The molecule has 1 aliphatic carbocycles. The number of rotatable bonds is 6. The van der Waals surface area contributed by atoms with Gasteiger partial charge < -0.3 is 10.3 Å². The molecular formula is C20H20F2N4O2S2. The predicted octanol–water partition coefficient (Wildman–Crippen LogP) is 3.65. The van der Waals surface area contributed by atoms with E-state index in [1.807, 2.05) is 0 Å². The molecule has 0 fully saturated rings. The fraction of sp³-hybridized carbons (Fsp3) is 0.400. The van der Waals surface area contributed by atoms with Gasteiger partial charge in [0.25, 0.3) is 5.56 Å². The number of nitrogens with one attached hydrogen (secondary N) is 2. The number of carbonyl (C=O) groups excluding carboxylic acids is 1. The molecule has 0 saturated carbocycles. The number of amides is 1. The van der Waals surface area contributed by atoms with E-state index >= 15 is 0 Å². The van der Waals surface area contributed by atoms with E-state index in [0.29, 0.717) is 17.0 Å². The largest absolute Gasteiger partial charge is 0.349 e. The number of hydrogen-bond acceptors (Lipinski definition) is 6. The van der Waals surface area contributed by atoms with Gasteiger partial charge in [-0.05, 0) is 38.2 Å². The third kappa shape index (κ3) is 4.24. The van der Waals surface area contributed by atoms with Crippen molar-refractivity contribution in [2.45, 2.75) is 44.4 Å². The van der Waals surface area contributed by atoms with Crippen molar-refractivity contribution in [1.82, 2.24) is 20.3 Å². The Morgan fingerprint density at radius 1 is 1.30 bits per heavy atom. The first-order valence-corrected chi connectivity index (χ1v) is 11.6. The quantitative estimate of drug-likeness (QED) is 0.599. The molecule has 0 aromatic carbocycles. The summed E-state index contributed by atoms with van der Waals surface area (Å²) in [6.45, 7) is 1.51. The van der Waals surface area contributed by atoms with Gasteiger partial charge in [-0.1, -0.05) is 0 Å². The van der Waals surface area contributed by atoms with Crippen molar-refractivity contribution in [3.63, 3.8) is 0 Å². The second kappa shape index (κ2) is 8.81. The Morgan fingerprint density at radius 2 is 2.03 bits per heavy atom. The summed E-state index contributed by atoms with van der Waals surface area (Å²) in [5.74, 6) is -1.02. The number of thiophene rings is 1. The van der Waals surface area contributed by atoms with E-state index in [1.54, 1.807) is 11.3 Å². The number of halogens is 2. The van der Waals surface area contributed by atoms with Gasteiger partial charge in [0.2, 0.25) is 5.91 Å². The molecule has 3 aromatic heterocycles. The van der Waals surface area contributed by atoms with E-state index in [-0.39, 0.29) is 22.8 Å². The number of hydrogen-bond donors (Lipinski definition) is 2. The number of carbonyl (C=O) groups is 1. The first-order valence-electron chi connectivity index (χ1n) is 9.63. The topological polar surface area (TPSA) is 87.7 Å². The number of thioether (sulfide) groups is 1. The average molecular weight is 451 g/mol. The standard InChI is InChI=1S/C20H20F2N4O2S2/c1-10(17-12(21)6-23-7-13(17)22)24-16(27)9-29-8-15-25-19(28)18-11-4-2-3-5-14(11)30-20(18)26-15/h6-7,10H,2-5,8-9H2,1H3,(H,24,27)(H,25,26,28). The zero-order valence-corrected chi connectivity index (χ0v) is 17.9. The van der Waals surface area contributed by atoms with Gasteiger partial charge in [0.05, 0.1) is 35.3 Å². The minimum absolute atomic E-state index is 0.0708. The number of aryl methyl sites for hydroxylation is 2. The second-order valence-electron chi connectivity index (χ2n) is 7.20. The number of pyridine rings is 1. The summed E-state index contributed by atoms with van der Waals surface area (Å²) in [7, 11) is 0. The summed E-state index contributed by atoms with van der Waals surface area (Å²) in [5.41, 5.74) is 0.788. The van der Waals surface area contributed by atoms with Gasteiger partial charge in [-0.2, -0.15) is 0 Å². The molecule has 1 unspecified atom stereocenters. The van der Waals surface area contributed by atoms with Crippen LogP contribution in [0.15, 0.2) is 17.2 Å². The Bertz CT molecular complexity index is 1140. The smallest absolute Gasteiger partial charge is 0.259 e. The molecule has 0 spiro atoms. The lowest BCUT2D eigenvalue weighted by molar-refractivity contribution is -0.119. The van der Waals surface area contributed by atoms with Crippen LogP contribution in [0.3, 0.4) is 0 Å². The van der Waals surface area contributed by atoms with E-state index < -0.39 is 17.7 Å². The number of fused-ring (bicyclic) bond motifs is 3. The van der Waals surface area contributed by atoms with Crippen LogP contribution in [0, 0.1) is 11.6 Å². The molecule has 1 amide bonds. The van der Waals surface area contributed by atoms with Crippen LogP contribution in [-0.4, -0.2) is 26.6 Å². The molecular weight excluding hydrogens is 430 g/mol. The number of aromatic nitrogens is 3. The molecule has 0 bridgehead atoms. The van der Waals surface area contributed by atoms with Crippen LogP contribution < -0.4 is 10.9 Å². The molecule has 3 heterocycles. The van der Waals surface area contributed by atoms with Crippen molar-refractivity contribution in [1.29, 1.82) is 0 Å². The van der Waals surface area contributed by atoms with E-state index in [2.05, 4.69) is 20.3 Å². The van der Waals surface area contributed by atoms with Crippen molar-refractivity contribution < 1.29 is 13.6 Å². The molecule has 10 heteroatoms.